The Morgan fingerprint density at radius 2 is 1.62 bits per heavy atom. The van der Waals surface area contributed by atoms with Crippen LogP contribution in [0.5, 0.6) is 0 Å². The van der Waals surface area contributed by atoms with E-state index in [1.165, 1.54) is 0 Å². The zero-order valence-corrected chi connectivity index (χ0v) is 18.3. The van der Waals surface area contributed by atoms with Crippen LogP contribution in [0.15, 0.2) is 6.20 Å². The highest BCUT2D eigenvalue weighted by molar-refractivity contribution is 5.95. The fraction of sp³-hybridized carbons (Fsp3) is 0.714. The molecule has 176 valence electrons. The minimum Gasteiger partial charge on any atom is -0.381 e. The number of primary amides is 1. The van der Waals surface area contributed by atoms with Crippen molar-refractivity contribution >= 4 is 23.6 Å². The molecule has 5 N–H and O–H groups in total. The first-order valence-electron chi connectivity index (χ1n) is 11.5. The third-order valence-corrected chi connectivity index (χ3v) is 6.19. The van der Waals surface area contributed by atoms with E-state index in [-0.39, 0.29) is 29.9 Å². The first-order chi connectivity index (χ1) is 15.6. The lowest BCUT2D eigenvalue weighted by Gasteiger charge is -2.34. The van der Waals surface area contributed by atoms with E-state index in [9.17, 15) is 9.59 Å². The molecule has 0 aromatic carbocycles. The molecule has 4 heterocycles. The Labute approximate surface area is 187 Å². The Bertz CT molecular complexity index is 796. The lowest BCUT2D eigenvalue weighted by molar-refractivity contribution is 0.0799. The molecule has 3 fully saturated rings. The molecule has 1 atom stereocenters. The van der Waals surface area contributed by atoms with Gasteiger partial charge in [0.25, 0.3) is 5.91 Å². The van der Waals surface area contributed by atoms with Crippen LogP contribution in [0.4, 0.5) is 16.4 Å². The topological polar surface area (TPSA) is 144 Å². The van der Waals surface area contributed by atoms with Gasteiger partial charge in [-0.15, -0.1) is 0 Å². The van der Waals surface area contributed by atoms with Gasteiger partial charge >= 0.3 is 6.03 Å². The number of carbonyl (C=O) groups is 2. The highest BCUT2D eigenvalue weighted by Crippen LogP contribution is 2.23. The summed E-state index contributed by atoms with van der Waals surface area (Å²) in [4.78, 5) is 35.4. The van der Waals surface area contributed by atoms with Crippen molar-refractivity contribution < 1.29 is 19.1 Å². The lowest BCUT2D eigenvalue weighted by Crippen LogP contribution is -2.53. The van der Waals surface area contributed by atoms with Crippen molar-refractivity contribution in [2.45, 2.75) is 56.7 Å². The number of nitrogens with two attached hydrogens (primary N) is 1. The van der Waals surface area contributed by atoms with Gasteiger partial charge in [-0.2, -0.15) is 0 Å². The van der Waals surface area contributed by atoms with Crippen LogP contribution in [0.1, 0.15) is 49.0 Å². The molecule has 0 spiro atoms. The van der Waals surface area contributed by atoms with Crippen molar-refractivity contribution in [3.05, 3.63) is 11.9 Å². The number of anilines is 2. The highest BCUT2D eigenvalue weighted by Gasteiger charge is 2.26. The van der Waals surface area contributed by atoms with E-state index < -0.39 is 5.91 Å². The number of rotatable bonds is 6. The molecule has 1 aromatic heterocycles. The predicted octanol–water partition coefficient (Wildman–Crippen LogP) is 0.613. The van der Waals surface area contributed by atoms with Gasteiger partial charge in [0.2, 0.25) is 0 Å². The standard InChI is InChI=1S/C21H33N7O4/c22-19(29)18-20(24-14-3-8-31-9-4-14)27-17(12-23-18)28-7-1-2-16(13-28)26-21(30)25-15-5-10-32-11-6-15/h12,14-16H,1-11,13H2,(H2,22,29)(H,24,27)(H2,25,26,30). The number of piperidine rings is 1. The quantitative estimate of drug-likeness (QED) is 0.497. The number of hydrogen-bond donors (Lipinski definition) is 4. The Balaban J connectivity index is 1.38. The molecule has 3 aliphatic rings. The molecule has 0 aliphatic carbocycles. The van der Waals surface area contributed by atoms with E-state index in [1.807, 2.05) is 0 Å². The summed E-state index contributed by atoms with van der Waals surface area (Å²) in [6.45, 7) is 4.15. The van der Waals surface area contributed by atoms with Crippen LogP contribution in [0.25, 0.3) is 0 Å². The Morgan fingerprint density at radius 1 is 0.969 bits per heavy atom. The van der Waals surface area contributed by atoms with Gasteiger partial charge in [-0.25, -0.2) is 14.8 Å². The van der Waals surface area contributed by atoms with Gasteiger partial charge in [-0.3, -0.25) is 4.79 Å². The molecule has 0 saturated carbocycles. The molecule has 3 saturated heterocycles. The van der Waals surface area contributed by atoms with Crippen LogP contribution in [0, 0.1) is 0 Å². The number of ether oxygens (including phenoxy) is 2. The smallest absolute Gasteiger partial charge is 0.315 e. The summed E-state index contributed by atoms with van der Waals surface area (Å²) in [7, 11) is 0. The Morgan fingerprint density at radius 3 is 2.31 bits per heavy atom. The van der Waals surface area contributed by atoms with Gasteiger partial charge in [0, 0.05) is 57.6 Å². The maximum atomic E-state index is 12.4. The number of aromatic nitrogens is 2. The summed E-state index contributed by atoms with van der Waals surface area (Å²) >= 11 is 0. The second-order valence-electron chi connectivity index (χ2n) is 8.61. The molecular formula is C21H33N7O4. The van der Waals surface area contributed by atoms with Crippen molar-refractivity contribution in [2.24, 2.45) is 5.73 Å². The van der Waals surface area contributed by atoms with Crippen LogP contribution in [0.2, 0.25) is 0 Å². The molecule has 32 heavy (non-hydrogen) atoms. The number of nitrogens with one attached hydrogen (secondary N) is 3. The molecule has 1 aromatic rings. The highest BCUT2D eigenvalue weighted by atomic mass is 16.5. The van der Waals surface area contributed by atoms with Gasteiger partial charge in [0.05, 0.1) is 6.20 Å². The van der Waals surface area contributed by atoms with Gasteiger partial charge < -0.3 is 36.1 Å². The Hall–Kier alpha value is -2.66. The first kappa shape index (κ1) is 22.5. The molecule has 1 unspecified atom stereocenters. The Kier molecular flexibility index (Phi) is 7.59. The molecule has 0 bridgehead atoms. The lowest BCUT2D eigenvalue weighted by atomic mass is 10.1. The first-order valence-corrected chi connectivity index (χ1v) is 11.5. The number of carbonyl (C=O) groups excluding carboxylic acids is 2. The molecule has 4 rings (SSSR count). The number of urea groups is 1. The van der Waals surface area contributed by atoms with E-state index in [2.05, 4.69) is 30.8 Å². The minimum atomic E-state index is -0.610. The van der Waals surface area contributed by atoms with Crippen molar-refractivity contribution in [2.75, 3.05) is 49.7 Å². The van der Waals surface area contributed by atoms with Crippen molar-refractivity contribution in [3.8, 4) is 0 Å². The largest absolute Gasteiger partial charge is 0.381 e. The molecule has 3 aliphatic heterocycles. The van der Waals surface area contributed by atoms with Gasteiger partial charge in [-0.05, 0) is 38.5 Å². The van der Waals surface area contributed by atoms with E-state index >= 15 is 0 Å². The van der Waals surface area contributed by atoms with Crippen molar-refractivity contribution in [1.29, 1.82) is 0 Å². The van der Waals surface area contributed by atoms with Crippen LogP contribution in [-0.4, -0.2) is 79.5 Å². The third kappa shape index (κ3) is 5.98. The fourth-order valence-corrected chi connectivity index (χ4v) is 4.41. The van der Waals surface area contributed by atoms with E-state index in [0.717, 1.165) is 45.1 Å². The molecular weight excluding hydrogens is 414 g/mol. The fourth-order valence-electron chi connectivity index (χ4n) is 4.41. The zero-order valence-electron chi connectivity index (χ0n) is 18.3. The average molecular weight is 448 g/mol. The van der Waals surface area contributed by atoms with Gasteiger partial charge in [0.1, 0.15) is 5.82 Å². The van der Waals surface area contributed by atoms with Gasteiger partial charge in [-0.1, -0.05) is 0 Å². The second kappa shape index (κ2) is 10.8. The summed E-state index contributed by atoms with van der Waals surface area (Å²) in [5, 5.41) is 9.47. The monoisotopic (exact) mass is 447 g/mol. The summed E-state index contributed by atoms with van der Waals surface area (Å²) in [6.07, 6.45) is 6.76. The van der Waals surface area contributed by atoms with Crippen LogP contribution >= 0.6 is 0 Å². The number of hydrogen-bond acceptors (Lipinski definition) is 8. The SMILES string of the molecule is NC(=O)c1ncc(N2CCCC(NC(=O)NC3CCOCC3)C2)nc1NC1CCOCC1. The maximum Gasteiger partial charge on any atom is 0.315 e. The number of nitrogens with zero attached hydrogens (tertiary/aromatic N) is 3. The summed E-state index contributed by atoms with van der Waals surface area (Å²) in [6, 6.07) is 0.194. The second-order valence-corrected chi connectivity index (χ2v) is 8.61. The molecule has 0 radical (unpaired) electrons. The average Bonchev–Trinajstić information content (AvgIpc) is 2.80. The van der Waals surface area contributed by atoms with Gasteiger partial charge in [0.15, 0.2) is 11.5 Å². The minimum absolute atomic E-state index is 0.00751. The van der Waals surface area contributed by atoms with Crippen molar-refractivity contribution in [1.82, 2.24) is 20.6 Å². The normalized spacial score (nSPS) is 22.9. The summed E-state index contributed by atoms with van der Waals surface area (Å²) < 4.78 is 10.7. The number of amides is 3. The maximum absolute atomic E-state index is 12.4. The van der Waals surface area contributed by atoms with Crippen LogP contribution in [-0.2, 0) is 9.47 Å². The predicted molar refractivity (Wildman–Crippen MR) is 119 cm³/mol. The van der Waals surface area contributed by atoms with E-state index in [1.54, 1.807) is 6.20 Å². The van der Waals surface area contributed by atoms with Crippen LogP contribution in [0.3, 0.4) is 0 Å². The summed E-state index contributed by atoms with van der Waals surface area (Å²) in [5.41, 5.74) is 5.66. The molecule has 11 heteroatoms. The third-order valence-electron chi connectivity index (χ3n) is 6.19. The van der Waals surface area contributed by atoms with E-state index in [4.69, 9.17) is 15.2 Å². The summed E-state index contributed by atoms with van der Waals surface area (Å²) in [5.74, 6) is 0.469. The molecule has 3 amide bonds. The van der Waals surface area contributed by atoms with E-state index in [0.29, 0.717) is 44.6 Å². The molecule has 11 nitrogen and oxygen atoms in total. The zero-order chi connectivity index (χ0) is 22.3. The van der Waals surface area contributed by atoms with Crippen LogP contribution < -0.4 is 26.6 Å². The van der Waals surface area contributed by atoms with Crippen molar-refractivity contribution in [3.63, 3.8) is 0 Å².